The van der Waals surface area contributed by atoms with Crippen LogP contribution in [0.2, 0.25) is 0 Å². The van der Waals surface area contributed by atoms with Crippen molar-refractivity contribution in [2.45, 2.75) is 72.1 Å². The Kier molecular flexibility index (Phi) is 2.43. The van der Waals surface area contributed by atoms with Crippen molar-refractivity contribution in [2.75, 3.05) is 0 Å². The first kappa shape index (κ1) is 11.1. The summed E-state index contributed by atoms with van der Waals surface area (Å²) in [5.74, 6) is 3.34. The van der Waals surface area contributed by atoms with Crippen LogP contribution in [0.25, 0.3) is 0 Å². The molecule has 0 spiro atoms. The fraction of sp³-hybridized carbons (Fsp3) is 1.00. The summed E-state index contributed by atoms with van der Waals surface area (Å²) in [6, 6.07) is 0. The van der Waals surface area contributed by atoms with Gasteiger partial charge in [0.1, 0.15) is 0 Å². The van der Waals surface area contributed by atoms with Crippen LogP contribution in [0.4, 0.5) is 0 Å². The highest BCUT2D eigenvalue weighted by molar-refractivity contribution is 5.06. The van der Waals surface area contributed by atoms with Crippen LogP contribution in [-0.4, -0.2) is 0 Å². The van der Waals surface area contributed by atoms with E-state index in [0.717, 1.165) is 23.2 Å². The van der Waals surface area contributed by atoms with Crippen LogP contribution in [-0.2, 0) is 0 Å². The molecule has 4 fully saturated rings. The Bertz CT molecular complexity index is 238. The van der Waals surface area contributed by atoms with Crippen molar-refractivity contribution in [1.29, 1.82) is 0 Å². The largest absolute Gasteiger partial charge is 0.0654 e. The Morgan fingerprint density at radius 3 is 1.75 bits per heavy atom. The van der Waals surface area contributed by atoms with Crippen molar-refractivity contribution in [2.24, 2.45) is 28.6 Å². The molecule has 0 amide bonds. The summed E-state index contributed by atoms with van der Waals surface area (Å²) in [4.78, 5) is 0. The molecular weight excluding hydrogens is 192 g/mol. The molecule has 0 aromatic rings. The fourth-order valence-corrected chi connectivity index (χ4v) is 5.83. The second-order valence-corrected chi connectivity index (χ2v) is 7.83. The third-order valence-corrected chi connectivity index (χ3v) is 6.35. The van der Waals surface area contributed by atoms with Crippen molar-refractivity contribution in [3.05, 3.63) is 0 Å². The average Bonchev–Trinajstić information content (AvgIpc) is 2.14. The van der Waals surface area contributed by atoms with Gasteiger partial charge < -0.3 is 0 Å². The molecule has 0 nitrogen and oxygen atoms in total. The van der Waals surface area contributed by atoms with Gasteiger partial charge in [-0.2, -0.15) is 0 Å². The first-order valence-electron chi connectivity index (χ1n) is 7.55. The quantitative estimate of drug-likeness (QED) is 0.626. The SMILES string of the molecule is CCCC(C)(C)C12CC3CC(CC(C3)C1)C2. The van der Waals surface area contributed by atoms with Crippen LogP contribution >= 0.6 is 0 Å². The van der Waals surface area contributed by atoms with Gasteiger partial charge in [-0.25, -0.2) is 0 Å². The molecule has 4 rings (SSSR count). The van der Waals surface area contributed by atoms with Crippen LogP contribution in [0, 0.1) is 28.6 Å². The van der Waals surface area contributed by atoms with Gasteiger partial charge in [0, 0.05) is 0 Å². The van der Waals surface area contributed by atoms with Gasteiger partial charge in [-0.05, 0) is 73.5 Å². The third-order valence-electron chi connectivity index (χ3n) is 6.35. The second-order valence-electron chi connectivity index (χ2n) is 7.83. The molecule has 0 aromatic heterocycles. The minimum Gasteiger partial charge on any atom is -0.0654 e. The van der Waals surface area contributed by atoms with Crippen LogP contribution < -0.4 is 0 Å². The molecule has 0 aromatic carbocycles. The van der Waals surface area contributed by atoms with Crippen molar-refractivity contribution in [3.8, 4) is 0 Å². The molecule has 0 aliphatic heterocycles. The van der Waals surface area contributed by atoms with E-state index in [9.17, 15) is 0 Å². The van der Waals surface area contributed by atoms with E-state index in [2.05, 4.69) is 20.8 Å². The third kappa shape index (κ3) is 1.48. The monoisotopic (exact) mass is 220 g/mol. The van der Waals surface area contributed by atoms with Crippen LogP contribution in [0.5, 0.6) is 0 Å². The minimum absolute atomic E-state index is 0.609. The smallest absolute Gasteiger partial charge is 0.0238 e. The molecule has 0 atom stereocenters. The summed E-state index contributed by atoms with van der Waals surface area (Å²) in [5, 5.41) is 0. The molecule has 16 heavy (non-hydrogen) atoms. The zero-order valence-electron chi connectivity index (χ0n) is 11.4. The van der Waals surface area contributed by atoms with E-state index in [0.29, 0.717) is 5.41 Å². The van der Waals surface area contributed by atoms with Gasteiger partial charge in [-0.1, -0.05) is 27.2 Å². The molecule has 0 heterocycles. The van der Waals surface area contributed by atoms with Gasteiger partial charge in [0.05, 0.1) is 0 Å². The van der Waals surface area contributed by atoms with Gasteiger partial charge in [-0.15, -0.1) is 0 Å². The molecule has 4 saturated carbocycles. The lowest BCUT2D eigenvalue weighted by Crippen LogP contribution is -2.52. The van der Waals surface area contributed by atoms with Crippen molar-refractivity contribution < 1.29 is 0 Å². The van der Waals surface area contributed by atoms with Crippen molar-refractivity contribution in [1.82, 2.24) is 0 Å². The summed E-state index contributed by atoms with van der Waals surface area (Å²) >= 11 is 0. The Morgan fingerprint density at radius 2 is 1.38 bits per heavy atom. The van der Waals surface area contributed by atoms with Gasteiger partial charge >= 0.3 is 0 Å². The minimum atomic E-state index is 0.609. The highest BCUT2D eigenvalue weighted by Gasteiger charge is 2.56. The molecule has 0 unspecified atom stereocenters. The summed E-state index contributed by atoms with van der Waals surface area (Å²) in [6.07, 6.45) is 12.3. The van der Waals surface area contributed by atoms with Crippen molar-refractivity contribution >= 4 is 0 Å². The summed E-state index contributed by atoms with van der Waals surface area (Å²) in [5.41, 5.74) is 1.36. The highest BCUT2D eigenvalue weighted by atomic mass is 14.6. The zero-order valence-corrected chi connectivity index (χ0v) is 11.4. The maximum absolute atomic E-state index is 2.57. The molecule has 4 aliphatic carbocycles. The van der Waals surface area contributed by atoms with E-state index in [1.165, 1.54) is 12.8 Å². The van der Waals surface area contributed by atoms with E-state index in [-0.39, 0.29) is 0 Å². The number of rotatable bonds is 3. The topological polar surface area (TPSA) is 0 Å². The zero-order chi connectivity index (χ0) is 11.4. The lowest BCUT2D eigenvalue weighted by Gasteiger charge is -2.62. The number of hydrogen-bond donors (Lipinski definition) is 0. The maximum Gasteiger partial charge on any atom is -0.0238 e. The van der Waals surface area contributed by atoms with Gasteiger partial charge in [0.25, 0.3) is 0 Å². The predicted molar refractivity (Wildman–Crippen MR) is 69.3 cm³/mol. The Hall–Kier alpha value is 0. The Labute approximate surface area is 101 Å². The molecular formula is C16H28. The molecule has 0 radical (unpaired) electrons. The molecule has 0 saturated heterocycles. The van der Waals surface area contributed by atoms with E-state index < -0.39 is 0 Å². The Morgan fingerprint density at radius 1 is 0.938 bits per heavy atom. The first-order chi connectivity index (χ1) is 7.55. The van der Waals surface area contributed by atoms with E-state index in [4.69, 9.17) is 0 Å². The van der Waals surface area contributed by atoms with Crippen LogP contribution in [0.3, 0.4) is 0 Å². The molecule has 0 heteroatoms. The van der Waals surface area contributed by atoms with E-state index in [1.54, 1.807) is 38.5 Å². The highest BCUT2D eigenvalue weighted by Crippen LogP contribution is 2.66. The molecule has 92 valence electrons. The first-order valence-corrected chi connectivity index (χ1v) is 7.55. The normalized spacial score (nSPS) is 46.3. The summed E-state index contributed by atoms with van der Waals surface area (Å²) in [6.45, 7) is 7.51. The fourth-order valence-electron chi connectivity index (χ4n) is 5.83. The molecule has 0 N–H and O–H groups in total. The maximum atomic E-state index is 2.57. The summed E-state index contributed by atoms with van der Waals surface area (Å²) < 4.78 is 0. The van der Waals surface area contributed by atoms with Crippen LogP contribution in [0.15, 0.2) is 0 Å². The lowest BCUT2D eigenvalue weighted by molar-refractivity contribution is -0.122. The predicted octanol–water partition coefficient (Wildman–Crippen LogP) is 5.03. The lowest BCUT2D eigenvalue weighted by atomic mass is 9.43. The van der Waals surface area contributed by atoms with Crippen molar-refractivity contribution in [3.63, 3.8) is 0 Å². The van der Waals surface area contributed by atoms with Gasteiger partial charge in [0.2, 0.25) is 0 Å². The molecule has 4 aliphatic rings. The Balaban J connectivity index is 1.88. The summed E-state index contributed by atoms with van der Waals surface area (Å²) in [7, 11) is 0. The molecule has 4 bridgehead atoms. The van der Waals surface area contributed by atoms with Gasteiger partial charge in [-0.3, -0.25) is 0 Å². The van der Waals surface area contributed by atoms with E-state index >= 15 is 0 Å². The standard InChI is InChI=1S/C16H28/c1-4-5-15(2,3)16-9-12-6-13(10-16)8-14(7-12)11-16/h12-14H,4-11H2,1-3H3. The second kappa shape index (κ2) is 3.50. The average molecular weight is 220 g/mol. The number of hydrogen-bond acceptors (Lipinski definition) is 0. The van der Waals surface area contributed by atoms with Crippen LogP contribution in [0.1, 0.15) is 72.1 Å². The van der Waals surface area contributed by atoms with E-state index in [1.807, 2.05) is 0 Å². The van der Waals surface area contributed by atoms with Gasteiger partial charge in [0.15, 0.2) is 0 Å².